The normalized spacial score (nSPS) is 19.6. The molecule has 0 bridgehead atoms. The third-order valence-electron chi connectivity index (χ3n) is 4.90. The van der Waals surface area contributed by atoms with Crippen molar-refractivity contribution in [1.82, 2.24) is 5.01 Å². The van der Waals surface area contributed by atoms with E-state index in [1.807, 2.05) is 0 Å². The van der Waals surface area contributed by atoms with Gasteiger partial charge in [-0.15, -0.1) is 0 Å². The van der Waals surface area contributed by atoms with E-state index in [0.717, 1.165) is 16.0 Å². The van der Waals surface area contributed by atoms with Crippen LogP contribution in [0.3, 0.4) is 0 Å². The van der Waals surface area contributed by atoms with Crippen molar-refractivity contribution in [1.29, 1.82) is 0 Å². The predicted octanol–water partition coefficient (Wildman–Crippen LogP) is 1.77. The van der Waals surface area contributed by atoms with Crippen molar-refractivity contribution in [3.8, 4) is 11.5 Å². The summed E-state index contributed by atoms with van der Waals surface area (Å²) in [4.78, 5) is 39.2. The number of ether oxygens (including phenoxy) is 2. The molecule has 2 aromatic rings. The maximum absolute atomic E-state index is 13.3. The Morgan fingerprint density at radius 1 is 1.10 bits per heavy atom. The zero-order chi connectivity index (χ0) is 22.1. The summed E-state index contributed by atoms with van der Waals surface area (Å²) in [5.41, 5.74) is 0.555. The van der Waals surface area contributed by atoms with Crippen LogP contribution in [-0.4, -0.2) is 55.6 Å². The van der Waals surface area contributed by atoms with E-state index in [-0.39, 0.29) is 12.2 Å². The lowest BCUT2D eigenvalue weighted by Crippen LogP contribution is -2.43. The van der Waals surface area contributed by atoms with Crippen LogP contribution in [0.4, 0.5) is 15.8 Å². The number of halogens is 1. The first kappa shape index (κ1) is 20.3. The lowest BCUT2D eigenvalue weighted by molar-refractivity contribution is -0.123. The molecule has 160 valence electrons. The highest BCUT2D eigenvalue weighted by Crippen LogP contribution is 2.36. The average molecular weight is 427 g/mol. The maximum atomic E-state index is 13.3. The molecule has 2 heterocycles. The number of rotatable bonds is 6. The summed E-state index contributed by atoms with van der Waals surface area (Å²) in [5.74, 6) is -1.35. The molecule has 2 atom stereocenters. The number of imide groups is 1. The third kappa shape index (κ3) is 3.65. The fourth-order valence-corrected chi connectivity index (χ4v) is 3.49. The van der Waals surface area contributed by atoms with Gasteiger partial charge < -0.3 is 14.8 Å². The molecule has 0 spiro atoms. The monoisotopic (exact) mass is 427 g/mol. The zero-order valence-corrected chi connectivity index (χ0v) is 16.6. The topological polar surface area (TPSA) is 113 Å². The lowest BCUT2D eigenvalue weighted by atomic mass is 10.1. The van der Waals surface area contributed by atoms with Crippen LogP contribution in [0.25, 0.3) is 0 Å². The Bertz CT molecular complexity index is 1090. The van der Waals surface area contributed by atoms with Gasteiger partial charge in [0.2, 0.25) is 5.91 Å². The summed E-state index contributed by atoms with van der Waals surface area (Å²) < 4.78 is 23.7. The first-order valence-electron chi connectivity index (χ1n) is 9.25. The Hall–Kier alpha value is -4.02. The molecular formula is C20H18FN5O5. The van der Waals surface area contributed by atoms with Crippen molar-refractivity contribution in [2.45, 2.75) is 12.1 Å². The van der Waals surface area contributed by atoms with E-state index in [0.29, 0.717) is 17.2 Å². The number of fused-ring (bicyclic) bond motifs is 1. The van der Waals surface area contributed by atoms with Crippen LogP contribution in [0.2, 0.25) is 0 Å². The highest BCUT2D eigenvalue weighted by molar-refractivity contribution is 6.25. The van der Waals surface area contributed by atoms with Crippen LogP contribution >= 0.6 is 0 Å². The van der Waals surface area contributed by atoms with Gasteiger partial charge in [0.25, 0.3) is 11.8 Å². The SMILES string of the molecule is COc1ccc(N2C(=O)[C@@H]3[C@@H](N=NN3CC(=O)Nc3cccc(F)c3)C2=O)cc1OC. The Balaban J connectivity index is 1.51. The summed E-state index contributed by atoms with van der Waals surface area (Å²) in [5, 5.41) is 11.4. The van der Waals surface area contributed by atoms with Crippen molar-refractivity contribution in [3.05, 3.63) is 48.3 Å². The summed E-state index contributed by atoms with van der Waals surface area (Å²) in [6.45, 7) is -0.333. The van der Waals surface area contributed by atoms with E-state index in [1.54, 1.807) is 12.1 Å². The van der Waals surface area contributed by atoms with Crippen LogP contribution in [0.5, 0.6) is 11.5 Å². The number of carbonyl (C=O) groups excluding carboxylic acids is 3. The first-order chi connectivity index (χ1) is 14.9. The van der Waals surface area contributed by atoms with E-state index in [2.05, 4.69) is 15.7 Å². The zero-order valence-electron chi connectivity index (χ0n) is 16.6. The molecule has 0 aliphatic carbocycles. The molecule has 1 fully saturated rings. The summed E-state index contributed by atoms with van der Waals surface area (Å²) >= 11 is 0. The van der Waals surface area contributed by atoms with Crippen LogP contribution in [-0.2, 0) is 14.4 Å². The molecular weight excluding hydrogens is 409 g/mol. The highest BCUT2D eigenvalue weighted by Gasteiger charge is 2.55. The number of amides is 3. The van der Waals surface area contributed by atoms with E-state index in [4.69, 9.17) is 9.47 Å². The first-order valence-corrected chi connectivity index (χ1v) is 9.25. The van der Waals surface area contributed by atoms with Crippen LogP contribution in [0, 0.1) is 5.82 Å². The van der Waals surface area contributed by atoms with E-state index in [1.165, 1.54) is 38.5 Å². The molecule has 4 rings (SSSR count). The fraction of sp³-hybridized carbons (Fsp3) is 0.250. The minimum atomic E-state index is -1.05. The van der Waals surface area contributed by atoms with Gasteiger partial charge in [0, 0.05) is 11.8 Å². The Labute approximate surface area is 176 Å². The number of hydrogen-bond donors (Lipinski definition) is 1. The molecule has 1 N–H and O–H groups in total. The van der Waals surface area contributed by atoms with E-state index < -0.39 is 35.6 Å². The molecule has 2 aliphatic heterocycles. The maximum Gasteiger partial charge on any atom is 0.263 e. The number of anilines is 2. The van der Waals surface area contributed by atoms with Crippen LogP contribution in [0.1, 0.15) is 0 Å². The molecule has 0 radical (unpaired) electrons. The van der Waals surface area contributed by atoms with Gasteiger partial charge in [0.1, 0.15) is 12.4 Å². The minimum Gasteiger partial charge on any atom is -0.493 e. The Morgan fingerprint density at radius 2 is 1.87 bits per heavy atom. The van der Waals surface area contributed by atoms with Gasteiger partial charge in [-0.1, -0.05) is 11.3 Å². The summed E-state index contributed by atoms with van der Waals surface area (Å²) in [7, 11) is 2.92. The molecule has 11 heteroatoms. The molecule has 0 aromatic heterocycles. The Morgan fingerprint density at radius 3 is 2.58 bits per heavy atom. The van der Waals surface area contributed by atoms with Gasteiger partial charge in [-0.25, -0.2) is 9.29 Å². The van der Waals surface area contributed by atoms with Crippen molar-refractivity contribution in [2.75, 3.05) is 31.0 Å². The molecule has 0 saturated carbocycles. The number of methoxy groups -OCH3 is 2. The van der Waals surface area contributed by atoms with Crippen LogP contribution < -0.4 is 19.7 Å². The molecule has 31 heavy (non-hydrogen) atoms. The van der Waals surface area contributed by atoms with Crippen molar-refractivity contribution in [3.63, 3.8) is 0 Å². The van der Waals surface area contributed by atoms with Gasteiger partial charge in [-0.3, -0.25) is 19.4 Å². The molecule has 3 amide bonds. The average Bonchev–Trinajstić information content (AvgIpc) is 3.27. The summed E-state index contributed by atoms with van der Waals surface area (Å²) in [6.07, 6.45) is 0. The quantitative estimate of drug-likeness (QED) is 0.703. The highest BCUT2D eigenvalue weighted by atomic mass is 19.1. The smallest absolute Gasteiger partial charge is 0.263 e. The number of carbonyl (C=O) groups is 3. The van der Waals surface area contributed by atoms with Crippen LogP contribution in [0.15, 0.2) is 52.8 Å². The van der Waals surface area contributed by atoms with E-state index >= 15 is 0 Å². The molecule has 0 unspecified atom stereocenters. The van der Waals surface area contributed by atoms with Crippen molar-refractivity contribution < 1.29 is 28.2 Å². The second-order valence-electron chi connectivity index (χ2n) is 6.80. The lowest BCUT2D eigenvalue weighted by Gasteiger charge is -2.20. The van der Waals surface area contributed by atoms with Crippen molar-refractivity contribution in [2.24, 2.45) is 10.3 Å². The fourth-order valence-electron chi connectivity index (χ4n) is 3.49. The Kier molecular flexibility index (Phi) is 5.24. The number of benzene rings is 2. The minimum absolute atomic E-state index is 0.262. The summed E-state index contributed by atoms with van der Waals surface area (Å²) in [6, 6.07) is 7.94. The van der Waals surface area contributed by atoms with Gasteiger partial charge in [0.05, 0.1) is 19.9 Å². The second-order valence-corrected chi connectivity index (χ2v) is 6.80. The number of hydrogen-bond acceptors (Lipinski definition) is 8. The van der Waals surface area contributed by atoms with Gasteiger partial charge >= 0.3 is 0 Å². The molecule has 2 aliphatic rings. The van der Waals surface area contributed by atoms with Crippen molar-refractivity contribution >= 4 is 29.1 Å². The molecule has 2 aromatic carbocycles. The van der Waals surface area contributed by atoms with E-state index in [9.17, 15) is 18.8 Å². The van der Waals surface area contributed by atoms with Gasteiger partial charge in [-0.05, 0) is 30.3 Å². The van der Waals surface area contributed by atoms with Gasteiger partial charge in [-0.2, -0.15) is 5.11 Å². The third-order valence-corrected chi connectivity index (χ3v) is 4.90. The molecule has 1 saturated heterocycles. The largest absolute Gasteiger partial charge is 0.493 e. The number of nitrogens with one attached hydrogen (secondary N) is 1. The standard InChI is InChI=1S/C20H18FN5O5/c1-30-14-7-6-13(9-15(14)31-2)26-19(28)17-18(20(26)29)25(24-23-17)10-16(27)22-12-5-3-4-11(21)8-12/h3-9,17-18H,10H2,1-2H3,(H,22,27)/t17-,18+/m1/s1. The van der Waals surface area contributed by atoms with Gasteiger partial charge in [0.15, 0.2) is 23.6 Å². The number of nitrogens with zero attached hydrogens (tertiary/aromatic N) is 4. The second kappa shape index (κ2) is 8.01. The molecule has 10 nitrogen and oxygen atoms in total. The predicted molar refractivity (Wildman–Crippen MR) is 106 cm³/mol.